The van der Waals surface area contributed by atoms with Crippen molar-refractivity contribution in [2.24, 2.45) is 0 Å². The fourth-order valence-corrected chi connectivity index (χ4v) is 2.46. The minimum atomic E-state index is 0.351. The SMILES string of the molecule is CCOc1cc(N)cc(NC(C)CN2CCOCC2)c1. The second kappa shape index (κ2) is 7.36. The predicted octanol–water partition coefficient (Wildman–Crippen LogP) is 1.80. The average Bonchev–Trinajstić information content (AvgIpc) is 2.39. The molecule has 2 rings (SSSR count). The smallest absolute Gasteiger partial charge is 0.123 e. The number of anilines is 2. The summed E-state index contributed by atoms with van der Waals surface area (Å²) in [6.07, 6.45) is 0. The summed E-state index contributed by atoms with van der Waals surface area (Å²) in [6, 6.07) is 6.14. The van der Waals surface area contributed by atoms with Crippen molar-refractivity contribution in [3.8, 4) is 5.75 Å². The molecule has 1 fully saturated rings. The molecule has 0 amide bonds. The van der Waals surface area contributed by atoms with Crippen LogP contribution < -0.4 is 15.8 Å². The summed E-state index contributed by atoms with van der Waals surface area (Å²) < 4.78 is 10.9. The number of morpholine rings is 1. The first-order valence-electron chi connectivity index (χ1n) is 7.27. The molecule has 5 heteroatoms. The van der Waals surface area contributed by atoms with E-state index in [1.165, 1.54) is 0 Å². The first-order valence-corrected chi connectivity index (χ1v) is 7.27. The van der Waals surface area contributed by atoms with Crippen molar-refractivity contribution in [3.63, 3.8) is 0 Å². The van der Waals surface area contributed by atoms with Crippen molar-refractivity contribution in [2.75, 3.05) is 50.5 Å². The summed E-state index contributed by atoms with van der Waals surface area (Å²) in [5.74, 6) is 0.813. The highest BCUT2D eigenvalue weighted by Gasteiger charge is 2.13. The molecule has 112 valence electrons. The molecule has 1 heterocycles. The number of nitrogens with zero attached hydrogens (tertiary/aromatic N) is 1. The van der Waals surface area contributed by atoms with Gasteiger partial charge in [0.05, 0.1) is 19.8 Å². The summed E-state index contributed by atoms with van der Waals surface area (Å²) in [4.78, 5) is 2.41. The zero-order valence-corrected chi connectivity index (χ0v) is 12.4. The second-order valence-electron chi connectivity index (χ2n) is 5.18. The molecule has 3 N–H and O–H groups in total. The van der Waals surface area contributed by atoms with Gasteiger partial charge in [0.1, 0.15) is 5.75 Å². The zero-order chi connectivity index (χ0) is 14.4. The molecule has 20 heavy (non-hydrogen) atoms. The number of nitrogen functional groups attached to an aromatic ring is 1. The van der Waals surface area contributed by atoms with Crippen molar-refractivity contribution in [1.82, 2.24) is 4.90 Å². The molecule has 0 aliphatic carbocycles. The maximum atomic E-state index is 5.90. The van der Waals surface area contributed by atoms with Gasteiger partial charge in [0, 0.05) is 49.2 Å². The number of nitrogens with two attached hydrogens (primary N) is 1. The van der Waals surface area contributed by atoms with E-state index in [2.05, 4.69) is 17.1 Å². The van der Waals surface area contributed by atoms with Crippen LogP contribution in [0.15, 0.2) is 18.2 Å². The van der Waals surface area contributed by atoms with E-state index in [0.717, 1.165) is 50.0 Å². The van der Waals surface area contributed by atoms with Gasteiger partial charge in [-0.05, 0) is 19.9 Å². The third kappa shape index (κ3) is 4.58. The molecule has 1 atom stereocenters. The lowest BCUT2D eigenvalue weighted by molar-refractivity contribution is 0.0368. The fourth-order valence-electron chi connectivity index (χ4n) is 2.46. The Kier molecular flexibility index (Phi) is 5.49. The van der Waals surface area contributed by atoms with E-state index in [1.807, 2.05) is 25.1 Å². The third-order valence-corrected chi connectivity index (χ3v) is 3.29. The van der Waals surface area contributed by atoms with E-state index in [1.54, 1.807) is 0 Å². The number of benzene rings is 1. The first-order chi connectivity index (χ1) is 9.67. The minimum Gasteiger partial charge on any atom is -0.494 e. The Morgan fingerprint density at radius 3 is 2.80 bits per heavy atom. The maximum Gasteiger partial charge on any atom is 0.123 e. The lowest BCUT2D eigenvalue weighted by Gasteiger charge is -2.29. The van der Waals surface area contributed by atoms with Crippen LogP contribution in [-0.4, -0.2) is 50.4 Å². The molecule has 1 saturated heterocycles. The molecule has 1 aromatic carbocycles. The van der Waals surface area contributed by atoms with Crippen molar-refractivity contribution >= 4 is 11.4 Å². The van der Waals surface area contributed by atoms with Crippen molar-refractivity contribution in [3.05, 3.63) is 18.2 Å². The van der Waals surface area contributed by atoms with Crippen LogP contribution in [0.1, 0.15) is 13.8 Å². The number of hydrogen-bond acceptors (Lipinski definition) is 5. The van der Waals surface area contributed by atoms with Gasteiger partial charge in [0.25, 0.3) is 0 Å². The summed E-state index contributed by atoms with van der Waals surface area (Å²) in [5, 5.41) is 3.49. The van der Waals surface area contributed by atoms with Gasteiger partial charge in [0.2, 0.25) is 0 Å². The fraction of sp³-hybridized carbons (Fsp3) is 0.600. The van der Waals surface area contributed by atoms with E-state index < -0.39 is 0 Å². The maximum absolute atomic E-state index is 5.90. The Balaban J connectivity index is 1.90. The van der Waals surface area contributed by atoms with Gasteiger partial charge in [0.15, 0.2) is 0 Å². The van der Waals surface area contributed by atoms with Gasteiger partial charge in [-0.1, -0.05) is 0 Å². The van der Waals surface area contributed by atoms with Crippen LogP contribution in [0.3, 0.4) is 0 Å². The lowest BCUT2D eigenvalue weighted by atomic mass is 10.2. The van der Waals surface area contributed by atoms with E-state index in [-0.39, 0.29) is 0 Å². The highest BCUT2D eigenvalue weighted by Crippen LogP contribution is 2.23. The largest absolute Gasteiger partial charge is 0.494 e. The van der Waals surface area contributed by atoms with Gasteiger partial charge in [-0.2, -0.15) is 0 Å². The number of ether oxygens (including phenoxy) is 2. The lowest BCUT2D eigenvalue weighted by Crippen LogP contribution is -2.42. The van der Waals surface area contributed by atoms with Gasteiger partial charge in [-0.15, -0.1) is 0 Å². The molecule has 0 bridgehead atoms. The third-order valence-electron chi connectivity index (χ3n) is 3.29. The summed E-state index contributed by atoms with van der Waals surface area (Å²) in [6.45, 7) is 9.48. The molecule has 1 aliphatic rings. The average molecular weight is 279 g/mol. The minimum absolute atomic E-state index is 0.351. The van der Waals surface area contributed by atoms with Crippen molar-refractivity contribution < 1.29 is 9.47 Å². The van der Waals surface area contributed by atoms with Crippen LogP contribution in [0, 0.1) is 0 Å². The first kappa shape index (κ1) is 14.9. The molecular formula is C15H25N3O2. The molecule has 1 aromatic rings. The van der Waals surface area contributed by atoms with Crippen LogP contribution in [0.25, 0.3) is 0 Å². The highest BCUT2D eigenvalue weighted by atomic mass is 16.5. The Hall–Kier alpha value is -1.46. The molecular weight excluding hydrogens is 254 g/mol. The predicted molar refractivity (Wildman–Crippen MR) is 82.4 cm³/mol. The van der Waals surface area contributed by atoms with Crippen LogP contribution in [0.4, 0.5) is 11.4 Å². The van der Waals surface area contributed by atoms with Crippen LogP contribution in [-0.2, 0) is 4.74 Å². The summed E-state index contributed by atoms with van der Waals surface area (Å²) >= 11 is 0. The van der Waals surface area contributed by atoms with Gasteiger partial charge >= 0.3 is 0 Å². The monoisotopic (exact) mass is 279 g/mol. The normalized spacial score (nSPS) is 17.7. The topological polar surface area (TPSA) is 59.8 Å². The Labute approximate surface area is 121 Å². The van der Waals surface area contributed by atoms with Crippen molar-refractivity contribution in [2.45, 2.75) is 19.9 Å². The van der Waals surface area contributed by atoms with Crippen LogP contribution in [0.2, 0.25) is 0 Å². The van der Waals surface area contributed by atoms with E-state index in [4.69, 9.17) is 15.2 Å². The summed E-state index contributed by atoms with van der Waals surface area (Å²) in [5.41, 5.74) is 7.63. The van der Waals surface area contributed by atoms with E-state index in [0.29, 0.717) is 12.6 Å². The number of hydrogen-bond donors (Lipinski definition) is 2. The second-order valence-corrected chi connectivity index (χ2v) is 5.18. The van der Waals surface area contributed by atoms with E-state index in [9.17, 15) is 0 Å². The van der Waals surface area contributed by atoms with E-state index >= 15 is 0 Å². The quantitative estimate of drug-likeness (QED) is 0.778. The Morgan fingerprint density at radius 2 is 2.10 bits per heavy atom. The number of nitrogens with one attached hydrogen (secondary N) is 1. The standard InChI is InChI=1S/C15H25N3O2/c1-3-20-15-9-13(16)8-14(10-15)17-12(2)11-18-4-6-19-7-5-18/h8-10,12,17H,3-7,11,16H2,1-2H3. The van der Waals surface area contributed by atoms with Gasteiger partial charge in [-0.25, -0.2) is 0 Å². The van der Waals surface area contributed by atoms with Gasteiger partial charge < -0.3 is 20.5 Å². The molecule has 1 aliphatic heterocycles. The Bertz CT molecular complexity index is 420. The number of rotatable bonds is 6. The summed E-state index contributed by atoms with van der Waals surface area (Å²) in [7, 11) is 0. The Morgan fingerprint density at radius 1 is 1.35 bits per heavy atom. The molecule has 0 aromatic heterocycles. The zero-order valence-electron chi connectivity index (χ0n) is 12.4. The highest BCUT2D eigenvalue weighted by molar-refractivity contribution is 5.59. The molecule has 0 spiro atoms. The molecule has 0 saturated carbocycles. The molecule has 0 radical (unpaired) electrons. The molecule has 5 nitrogen and oxygen atoms in total. The van der Waals surface area contributed by atoms with Crippen molar-refractivity contribution in [1.29, 1.82) is 0 Å². The van der Waals surface area contributed by atoms with Crippen LogP contribution in [0.5, 0.6) is 5.75 Å². The molecule has 1 unspecified atom stereocenters. The van der Waals surface area contributed by atoms with Crippen LogP contribution >= 0.6 is 0 Å². The van der Waals surface area contributed by atoms with Gasteiger partial charge in [-0.3, -0.25) is 4.90 Å².